The second kappa shape index (κ2) is 16.1. The first-order chi connectivity index (χ1) is 8.93. The van der Waals surface area contributed by atoms with E-state index in [1.54, 1.807) is 0 Å². The zero-order valence-corrected chi connectivity index (χ0v) is 14.3. The average molecular weight is 344 g/mol. The Morgan fingerprint density at radius 1 is 0.900 bits per heavy atom. The van der Waals surface area contributed by atoms with Crippen LogP contribution in [0.25, 0.3) is 0 Å². The maximum Gasteiger partial charge on any atom is 4.00 e. The van der Waals surface area contributed by atoms with Gasteiger partial charge in [-0.2, -0.15) is 12.2 Å². The van der Waals surface area contributed by atoms with E-state index in [1.807, 2.05) is 54.6 Å². The van der Waals surface area contributed by atoms with E-state index in [-0.39, 0.29) is 40.2 Å². The molecule has 0 radical (unpaired) electrons. The van der Waals surface area contributed by atoms with Gasteiger partial charge in [0.05, 0.1) is 0 Å². The zero-order chi connectivity index (χ0) is 12.9. The first-order valence-corrected chi connectivity index (χ1v) is 5.99. The van der Waals surface area contributed by atoms with E-state index in [9.17, 15) is 5.11 Å². The zero-order valence-electron chi connectivity index (χ0n) is 11.9. The fourth-order valence-electron chi connectivity index (χ4n) is 1.25. The van der Waals surface area contributed by atoms with Crippen LogP contribution < -0.4 is 5.11 Å². The van der Waals surface area contributed by atoms with Crippen LogP contribution in [0.1, 0.15) is 18.4 Å². The van der Waals surface area contributed by atoms with Crippen LogP contribution >= 0.6 is 0 Å². The molecule has 2 aliphatic rings. The summed E-state index contributed by atoms with van der Waals surface area (Å²) in [5.74, 6) is 0. The molecule has 0 amide bonds. The molecule has 0 spiro atoms. The van der Waals surface area contributed by atoms with E-state index in [2.05, 4.69) is 24.3 Å². The summed E-state index contributed by atoms with van der Waals surface area (Å²) in [6, 6.07) is 9.29. The molecule has 20 heavy (non-hydrogen) atoms. The van der Waals surface area contributed by atoms with Crippen molar-refractivity contribution in [1.29, 1.82) is 0 Å². The molecule has 1 aromatic rings. The second-order valence-electron chi connectivity index (χ2n) is 3.64. The van der Waals surface area contributed by atoms with Crippen molar-refractivity contribution in [3.05, 3.63) is 91.9 Å². The van der Waals surface area contributed by atoms with Crippen LogP contribution in [0, 0.1) is 19.6 Å². The topological polar surface area (TPSA) is 23.1 Å². The molecule has 102 valence electrons. The minimum atomic E-state index is -0.110. The van der Waals surface area contributed by atoms with Gasteiger partial charge in [-0.05, 0) is 0 Å². The predicted molar refractivity (Wildman–Crippen MR) is 79.7 cm³/mol. The van der Waals surface area contributed by atoms with Crippen molar-refractivity contribution in [3.8, 4) is 0 Å². The Bertz CT molecular complexity index is 374. The Morgan fingerprint density at radius 2 is 1.40 bits per heavy atom. The van der Waals surface area contributed by atoms with Gasteiger partial charge in [-0.15, -0.1) is 19.4 Å². The van der Waals surface area contributed by atoms with Crippen LogP contribution in [-0.2, 0) is 32.8 Å². The van der Waals surface area contributed by atoms with E-state index < -0.39 is 0 Å². The van der Waals surface area contributed by atoms with Crippen LogP contribution in [0.3, 0.4) is 0 Å². The average Bonchev–Trinajstić information content (AvgIpc) is 3.17. The normalized spacial score (nSPS) is 12.4. The van der Waals surface area contributed by atoms with Crippen molar-refractivity contribution in [1.82, 2.24) is 0 Å². The second-order valence-corrected chi connectivity index (χ2v) is 3.64. The van der Waals surface area contributed by atoms with Gasteiger partial charge in [-0.1, -0.05) is 35.9 Å². The fraction of sp³-hybridized carbons (Fsp3) is 0.167. The molecular weight excluding hydrogens is 323 g/mol. The fourth-order valence-corrected chi connectivity index (χ4v) is 1.25. The minimum absolute atomic E-state index is 0. The molecule has 0 aliphatic heterocycles. The number of rotatable bonds is 1. The van der Waals surface area contributed by atoms with Gasteiger partial charge < -0.3 is 12.5 Å². The Hall–Kier alpha value is -0.977. The first-order valence-electron chi connectivity index (χ1n) is 5.99. The number of benzene rings is 1. The van der Waals surface area contributed by atoms with Crippen LogP contribution in [0.5, 0.6) is 0 Å². The van der Waals surface area contributed by atoms with Crippen molar-refractivity contribution in [3.63, 3.8) is 0 Å². The number of hydrogen-bond acceptors (Lipinski definition) is 1. The van der Waals surface area contributed by atoms with Crippen LogP contribution in [-0.4, -0.2) is 0 Å². The largest absolute Gasteiger partial charge is 4.00 e. The number of hydrogen-bond donors (Lipinski definition) is 0. The van der Waals surface area contributed by atoms with Gasteiger partial charge in [-0.25, -0.2) is 24.3 Å². The van der Waals surface area contributed by atoms with Crippen molar-refractivity contribution >= 4 is 0 Å². The maximum atomic E-state index is 10.1. The molecule has 1 nitrogen and oxygen atoms in total. The summed E-state index contributed by atoms with van der Waals surface area (Å²) in [7, 11) is 0. The standard InChI is InChI=1S/C7H7O.2C5H5.CH3.Zr/c8-6-7-4-2-1-3-5-7;2*1-2-4-5-3-1;;/h1-5H,6H2;2*1-3H,4H2;1H3;/q4*-1;+4. The van der Waals surface area contributed by atoms with Crippen molar-refractivity contribution in [2.24, 2.45) is 0 Å². The molecule has 2 heteroatoms. The van der Waals surface area contributed by atoms with Crippen LogP contribution in [0.15, 0.2) is 66.8 Å². The van der Waals surface area contributed by atoms with Gasteiger partial charge in [0.15, 0.2) is 0 Å². The Kier molecular flexibility index (Phi) is 17.1. The molecule has 0 aromatic heterocycles. The van der Waals surface area contributed by atoms with E-state index in [0.717, 1.165) is 18.4 Å². The summed E-state index contributed by atoms with van der Waals surface area (Å²) >= 11 is 0. The van der Waals surface area contributed by atoms with Gasteiger partial charge in [0.25, 0.3) is 0 Å². The van der Waals surface area contributed by atoms with Gasteiger partial charge >= 0.3 is 26.2 Å². The predicted octanol–water partition coefficient (Wildman–Crippen LogP) is 3.61. The van der Waals surface area contributed by atoms with Crippen LogP contribution in [0.2, 0.25) is 0 Å². The monoisotopic (exact) mass is 342 g/mol. The van der Waals surface area contributed by atoms with Gasteiger partial charge in [0.1, 0.15) is 0 Å². The smallest absolute Gasteiger partial charge is 0.851 e. The number of allylic oxidation sites excluding steroid dienone is 8. The molecule has 0 bridgehead atoms. The summed E-state index contributed by atoms with van der Waals surface area (Å²) in [4.78, 5) is 0. The Balaban J connectivity index is 0. The van der Waals surface area contributed by atoms with Crippen molar-refractivity contribution in [2.75, 3.05) is 0 Å². The van der Waals surface area contributed by atoms with E-state index in [0.29, 0.717) is 0 Å². The van der Waals surface area contributed by atoms with E-state index in [1.165, 1.54) is 0 Å². The minimum Gasteiger partial charge on any atom is -0.851 e. The van der Waals surface area contributed by atoms with E-state index in [4.69, 9.17) is 0 Å². The quantitative estimate of drug-likeness (QED) is 0.715. The van der Waals surface area contributed by atoms with Crippen molar-refractivity contribution < 1.29 is 31.3 Å². The maximum absolute atomic E-state index is 10.1. The van der Waals surface area contributed by atoms with Crippen LogP contribution in [0.4, 0.5) is 0 Å². The molecular formula is C18H20OZr. The summed E-state index contributed by atoms with van der Waals surface area (Å²) in [6.07, 6.45) is 20.0. The first kappa shape index (κ1) is 21.3. The van der Waals surface area contributed by atoms with E-state index >= 15 is 0 Å². The van der Waals surface area contributed by atoms with Gasteiger partial charge in [-0.3, -0.25) is 12.2 Å². The molecule has 0 atom stereocenters. The molecule has 0 heterocycles. The SMILES string of the molecule is [C-]1=CC=CC1.[C-]1=CC=CC1.[CH3-].[O-]Cc1ccccc1.[Zr+4]. The third-order valence-electron chi connectivity index (χ3n) is 2.18. The van der Waals surface area contributed by atoms with Crippen molar-refractivity contribution in [2.45, 2.75) is 19.4 Å². The molecule has 0 saturated carbocycles. The Morgan fingerprint density at radius 3 is 1.60 bits per heavy atom. The third kappa shape index (κ3) is 12.1. The summed E-state index contributed by atoms with van der Waals surface area (Å²) < 4.78 is 0. The summed E-state index contributed by atoms with van der Waals surface area (Å²) in [5, 5.41) is 10.1. The molecule has 0 unspecified atom stereocenters. The van der Waals surface area contributed by atoms with Gasteiger partial charge in [0.2, 0.25) is 0 Å². The molecule has 1 aromatic carbocycles. The van der Waals surface area contributed by atoms with Gasteiger partial charge in [0, 0.05) is 0 Å². The molecule has 2 aliphatic carbocycles. The summed E-state index contributed by atoms with van der Waals surface area (Å²) in [5.41, 5.74) is 0.854. The third-order valence-corrected chi connectivity index (χ3v) is 2.18. The summed E-state index contributed by atoms with van der Waals surface area (Å²) in [6.45, 7) is -0.110. The molecule has 3 rings (SSSR count). The molecule has 0 saturated heterocycles. The molecule has 0 fully saturated rings. The Labute approximate surface area is 142 Å². The molecule has 0 N–H and O–H groups in total.